The number of carbonyl (C=O) groups excluding carboxylic acids is 1. The summed E-state index contributed by atoms with van der Waals surface area (Å²) < 4.78 is 33.8. The second-order valence-corrected chi connectivity index (χ2v) is 8.12. The smallest absolute Gasteiger partial charge is 0.220 e. The van der Waals surface area contributed by atoms with Gasteiger partial charge in [-0.1, -0.05) is 0 Å². The minimum atomic E-state index is -3.19. The number of hydrogen-bond acceptors (Lipinski definition) is 5. The standard InChI is InChI=1S/C17H25NO5S/c1-13(16-5-3-12-23-16)18-17(19)6-4-11-22-14-7-9-15(10-8-14)24(2,20)21/h7-10,13,16H,3-6,11-12H2,1-2H3,(H,18,19). The summed E-state index contributed by atoms with van der Waals surface area (Å²) in [5.74, 6) is 0.588. The third kappa shape index (κ3) is 5.79. The lowest BCUT2D eigenvalue weighted by atomic mass is 10.1. The molecule has 1 N–H and O–H groups in total. The predicted molar refractivity (Wildman–Crippen MR) is 90.9 cm³/mol. The normalized spacial score (nSPS) is 19.0. The number of sulfone groups is 1. The SMILES string of the molecule is CC(NC(=O)CCCOc1ccc(S(C)(=O)=O)cc1)C1CCCO1. The van der Waals surface area contributed by atoms with Crippen molar-refractivity contribution in [2.75, 3.05) is 19.5 Å². The molecule has 0 aromatic heterocycles. The largest absolute Gasteiger partial charge is 0.494 e. The van der Waals surface area contributed by atoms with Gasteiger partial charge in [-0.2, -0.15) is 0 Å². The first-order valence-electron chi connectivity index (χ1n) is 8.20. The summed E-state index contributed by atoms with van der Waals surface area (Å²) >= 11 is 0. The number of rotatable bonds is 8. The van der Waals surface area contributed by atoms with Gasteiger partial charge in [-0.15, -0.1) is 0 Å². The Morgan fingerprint density at radius 3 is 2.67 bits per heavy atom. The lowest BCUT2D eigenvalue weighted by molar-refractivity contribution is -0.122. The van der Waals surface area contributed by atoms with Crippen LogP contribution in [0.5, 0.6) is 5.75 Å². The molecule has 1 aliphatic rings. The maximum absolute atomic E-state index is 11.9. The van der Waals surface area contributed by atoms with E-state index in [0.29, 0.717) is 25.2 Å². The molecular formula is C17H25NO5S. The number of benzene rings is 1. The third-order valence-electron chi connectivity index (χ3n) is 3.98. The zero-order valence-electron chi connectivity index (χ0n) is 14.2. The van der Waals surface area contributed by atoms with E-state index in [9.17, 15) is 13.2 Å². The first-order chi connectivity index (χ1) is 11.4. The van der Waals surface area contributed by atoms with E-state index >= 15 is 0 Å². The van der Waals surface area contributed by atoms with Crippen molar-refractivity contribution in [3.63, 3.8) is 0 Å². The van der Waals surface area contributed by atoms with E-state index in [4.69, 9.17) is 9.47 Å². The Labute approximate surface area is 143 Å². The Morgan fingerprint density at radius 2 is 2.08 bits per heavy atom. The molecule has 2 unspecified atom stereocenters. The molecule has 7 heteroatoms. The molecule has 134 valence electrons. The molecule has 1 heterocycles. The molecule has 0 radical (unpaired) electrons. The van der Waals surface area contributed by atoms with E-state index in [1.807, 2.05) is 6.92 Å². The van der Waals surface area contributed by atoms with Crippen molar-refractivity contribution >= 4 is 15.7 Å². The quantitative estimate of drug-likeness (QED) is 0.721. The highest BCUT2D eigenvalue weighted by Gasteiger charge is 2.23. The van der Waals surface area contributed by atoms with Gasteiger partial charge in [0.15, 0.2) is 9.84 Å². The number of ether oxygens (including phenoxy) is 2. The van der Waals surface area contributed by atoms with Gasteiger partial charge >= 0.3 is 0 Å². The van der Waals surface area contributed by atoms with Crippen molar-refractivity contribution < 1.29 is 22.7 Å². The van der Waals surface area contributed by atoms with Gasteiger partial charge in [-0.25, -0.2) is 8.42 Å². The molecule has 0 bridgehead atoms. The van der Waals surface area contributed by atoms with Crippen LogP contribution in [-0.2, 0) is 19.4 Å². The lowest BCUT2D eigenvalue weighted by Crippen LogP contribution is -2.40. The lowest BCUT2D eigenvalue weighted by Gasteiger charge is -2.19. The van der Waals surface area contributed by atoms with Crippen LogP contribution in [0.15, 0.2) is 29.2 Å². The Morgan fingerprint density at radius 1 is 1.38 bits per heavy atom. The molecule has 1 aromatic rings. The average molecular weight is 355 g/mol. The summed E-state index contributed by atoms with van der Waals surface area (Å²) in [6.45, 7) is 3.14. The zero-order valence-corrected chi connectivity index (χ0v) is 15.0. The van der Waals surface area contributed by atoms with Gasteiger partial charge in [0.1, 0.15) is 5.75 Å². The highest BCUT2D eigenvalue weighted by Crippen LogP contribution is 2.17. The van der Waals surface area contributed by atoms with Crippen LogP contribution in [0.3, 0.4) is 0 Å². The first kappa shape index (κ1) is 18.7. The fourth-order valence-electron chi connectivity index (χ4n) is 2.62. The van der Waals surface area contributed by atoms with Gasteiger partial charge in [-0.05, 0) is 50.5 Å². The van der Waals surface area contributed by atoms with Crippen LogP contribution in [0.25, 0.3) is 0 Å². The van der Waals surface area contributed by atoms with Crippen LogP contribution in [0.4, 0.5) is 0 Å². The summed E-state index contributed by atoms with van der Waals surface area (Å²) in [5.41, 5.74) is 0. The maximum atomic E-state index is 11.9. The van der Waals surface area contributed by atoms with Gasteiger partial charge in [-0.3, -0.25) is 4.79 Å². The molecule has 2 rings (SSSR count). The van der Waals surface area contributed by atoms with Crippen LogP contribution in [0.1, 0.15) is 32.6 Å². The number of carbonyl (C=O) groups is 1. The molecular weight excluding hydrogens is 330 g/mol. The highest BCUT2D eigenvalue weighted by molar-refractivity contribution is 7.90. The van der Waals surface area contributed by atoms with E-state index in [2.05, 4.69) is 5.32 Å². The Balaban J connectivity index is 1.66. The molecule has 6 nitrogen and oxygen atoms in total. The zero-order chi connectivity index (χ0) is 17.6. The van der Waals surface area contributed by atoms with E-state index in [1.165, 1.54) is 18.4 Å². The maximum Gasteiger partial charge on any atom is 0.220 e. The van der Waals surface area contributed by atoms with Gasteiger partial charge in [0.2, 0.25) is 5.91 Å². The second kappa shape index (κ2) is 8.48. The molecule has 1 aromatic carbocycles. The van der Waals surface area contributed by atoms with Gasteiger partial charge in [0.25, 0.3) is 0 Å². The molecule has 0 aliphatic carbocycles. The van der Waals surface area contributed by atoms with Crippen LogP contribution in [0.2, 0.25) is 0 Å². The van der Waals surface area contributed by atoms with Crippen LogP contribution in [-0.4, -0.2) is 45.9 Å². The minimum absolute atomic E-state index is 0.00553. The van der Waals surface area contributed by atoms with Crippen molar-refractivity contribution in [3.8, 4) is 5.75 Å². The predicted octanol–water partition coefficient (Wildman–Crippen LogP) is 1.93. The average Bonchev–Trinajstić information content (AvgIpc) is 3.05. The Bertz CT molecular complexity index is 635. The summed E-state index contributed by atoms with van der Waals surface area (Å²) in [6, 6.07) is 6.30. The van der Waals surface area contributed by atoms with Crippen LogP contribution in [0, 0.1) is 0 Å². The van der Waals surface area contributed by atoms with E-state index < -0.39 is 9.84 Å². The van der Waals surface area contributed by atoms with E-state index in [-0.39, 0.29) is 22.9 Å². The van der Waals surface area contributed by atoms with Gasteiger partial charge in [0, 0.05) is 19.3 Å². The monoisotopic (exact) mass is 355 g/mol. The van der Waals surface area contributed by atoms with Gasteiger partial charge in [0.05, 0.1) is 23.6 Å². The number of hydrogen-bond donors (Lipinski definition) is 1. The van der Waals surface area contributed by atoms with Crippen molar-refractivity contribution in [3.05, 3.63) is 24.3 Å². The second-order valence-electron chi connectivity index (χ2n) is 6.10. The molecule has 24 heavy (non-hydrogen) atoms. The topological polar surface area (TPSA) is 81.7 Å². The third-order valence-corrected chi connectivity index (χ3v) is 5.11. The fraction of sp³-hybridized carbons (Fsp3) is 0.588. The number of amides is 1. The molecule has 0 spiro atoms. The molecule has 2 atom stereocenters. The van der Waals surface area contributed by atoms with E-state index in [0.717, 1.165) is 19.4 Å². The van der Waals surface area contributed by atoms with Crippen LogP contribution < -0.4 is 10.1 Å². The van der Waals surface area contributed by atoms with Crippen molar-refractivity contribution in [2.45, 2.75) is 49.6 Å². The minimum Gasteiger partial charge on any atom is -0.494 e. The summed E-state index contributed by atoms with van der Waals surface area (Å²) in [7, 11) is -3.19. The molecule has 1 saturated heterocycles. The summed E-state index contributed by atoms with van der Waals surface area (Å²) in [4.78, 5) is 12.1. The Kier molecular flexibility index (Phi) is 6.62. The van der Waals surface area contributed by atoms with E-state index in [1.54, 1.807) is 12.1 Å². The summed E-state index contributed by atoms with van der Waals surface area (Å²) in [5, 5.41) is 2.96. The highest BCUT2D eigenvalue weighted by atomic mass is 32.2. The molecule has 0 saturated carbocycles. The van der Waals surface area contributed by atoms with Crippen molar-refractivity contribution in [1.82, 2.24) is 5.32 Å². The van der Waals surface area contributed by atoms with Gasteiger partial charge < -0.3 is 14.8 Å². The first-order valence-corrected chi connectivity index (χ1v) is 10.1. The molecule has 1 aliphatic heterocycles. The molecule has 1 fully saturated rings. The summed E-state index contributed by atoms with van der Waals surface area (Å²) in [6.07, 6.45) is 4.32. The fourth-order valence-corrected chi connectivity index (χ4v) is 3.25. The number of nitrogens with one attached hydrogen (secondary N) is 1. The molecule has 1 amide bonds. The van der Waals surface area contributed by atoms with Crippen molar-refractivity contribution in [2.24, 2.45) is 0 Å². The Hall–Kier alpha value is -1.60. The van der Waals surface area contributed by atoms with Crippen LogP contribution >= 0.6 is 0 Å². The van der Waals surface area contributed by atoms with Crippen molar-refractivity contribution in [1.29, 1.82) is 0 Å².